The first-order valence-electron chi connectivity index (χ1n) is 12.4. The summed E-state index contributed by atoms with van der Waals surface area (Å²) in [5.74, 6) is 0.282. The molecule has 8 nitrogen and oxygen atoms in total. The van der Waals surface area contributed by atoms with Gasteiger partial charge < -0.3 is 25.2 Å². The van der Waals surface area contributed by atoms with Crippen LogP contribution in [-0.4, -0.2) is 56.5 Å². The highest BCUT2D eigenvalue weighted by Gasteiger charge is 2.16. The number of benzene rings is 3. The van der Waals surface area contributed by atoms with Crippen LogP contribution in [0.1, 0.15) is 28.8 Å². The van der Waals surface area contributed by atoms with Crippen molar-refractivity contribution in [2.75, 3.05) is 55.4 Å². The zero-order valence-electron chi connectivity index (χ0n) is 20.9. The van der Waals surface area contributed by atoms with Crippen molar-refractivity contribution in [3.05, 3.63) is 83.9 Å². The van der Waals surface area contributed by atoms with Gasteiger partial charge in [0.2, 0.25) is 5.91 Å². The Morgan fingerprint density at radius 3 is 2.41 bits per heavy atom. The van der Waals surface area contributed by atoms with Crippen molar-refractivity contribution in [3.8, 4) is 11.8 Å². The number of carbonyl (C=O) groups is 2. The number of methoxy groups -OCH3 is 1. The van der Waals surface area contributed by atoms with E-state index in [0.717, 1.165) is 38.3 Å². The summed E-state index contributed by atoms with van der Waals surface area (Å²) in [5, 5.41) is 14.8. The average Bonchev–Trinajstić information content (AvgIpc) is 3.18. The van der Waals surface area contributed by atoms with Crippen molar-refractivity contribution in [1.82, 2.24) is 4.90 Å². The van der Waals surface area contributed by atoms with Crippen molar-refractivity contribution in [3.63, 3.8) is 0 Å². The fraction of sp³-hybridized carbons (Fsp3) is 0.276. The Morgan fingerprint density at radius 2 is 1.68 bits per heavy atom. The lowest BCUT2D eigenvalue weighted by atomic mass is 10.2. The quantitative estimate of drug-likeness (QED) is 0.480. The lowest BCUT2D eigenvalue weighted by Crippen LogP contribution is -2.32. The van der Waals surface area contributed by atoms with E-state index in [1.807, 2.05) is 36.4 Å². The summed E-state index contributed by atoms with van der Waals surface area (Å²) >= 11 is 0. The minimum absolute atomic E-state index is 0.0561. The molecule has 2 amide bonds. The maximum absolute atomic E-state index is 12.6. The predicted octanol–water partition coefficient (Wildman–Crippen LogP) is 4.36. The monoisotopic (exact) mass is 497 g/mol. The number of hydrogen-bond donors (Lipinski definition) is 2. The van der Waals surface area contributed by atoms with Gasteiger partial charge in [0.25, 0.3) is 5.91 Å². The zero-order chi connectivity index (χ0) is 26.0. The van der Waals surface area contributed by atoms with Crippen LogP contribution in [0, 0.1) is 11.3 Å². The van der Waals surface area contributed by atoms with Crippen LogP contribution in [0.4, 0.5) is 17.1 Å². The summed E-state index contributed by atoms with van der Waals surface area (Å²) in [6.07, 6.45) is 1.41. The summed E-state index contributed by atoms with van der Waals surface area (Å²) in [7, 11) is 1.56. The second-order valence-electron chi connectivity index (χ2n) is 8.87. The number of carbonyl (C=O) groups excluding carboxylic acids is 2. The van der Waals surface area contributed by atoms with E-state index in [0.29, 0.717) is 41.2 Å². The normalized spacial score (nSPS) is 13.8. The number of para-hydroxylation sites is 2. The summed E-state index contributed by atoms with van der Waals surface area (Å²) in [6, 6.07) is 23.9. The Morgan fingerprint density at radius 1 is 0.919 bits per heavy atom. The SMILES string of the molecule is COc1ccccc1NC(=O)c1ccc(NC(=O)CCN2CCCN(c3ccc(C#N)cc3)CC2)cc1. The molecule has 8 heteroatoms. The standard InChI is InChI=1S/C29H31N5O3/c1-37-27-6-3-2-5-26(27)32-29(36)23-9-11-24(12-10-23)31-28(35)15-18-33-16-4-17-34(20-19-33)25-13-7-22(21-30)8-14-25/h2-3,5-14H,4,15-20H2,1H3,(H,31,35)(H,32,36). The highest BCUT2D eigenvalue weighted by Crippen LogP contribution is 2.24. The van der Waals surface area contributed by atoms with E-state index in [9.17, 15) is 9.59 Å². The van der Waals surface area contributed by atoms with Crippen LogP contribution in [0.2, 0.25) is 0 Å². The molecule has 3 aromatic rings. The molecule has 0 aliphatic carbocycles. The van der Waals surface area contributed by atoms with Crippen molar-refractivity contribution in [2.24, 2.45) is 0 Å². The van der Waals surface area contributed by atoms with Crippen molar-refractivity contribution in [2.45, 2.75) is 12.8 Å². The van der Waals surface area contributed by atoms with Crippen molar-refractivity contribution >= 4 is 28.9 Å². The third-order valence-corrected chi connectivity index (χ3v) is 6.39. The number of nitrogens with zero attached hydrogens (tertiary/aromatic N) is 3. The zero-order valence-corrected chi connectivity index (χ0v) is 20.9. The molecule has 37 heavy (non-hydrogen) atoms. The lowest BCUT2D eigenvalue weighted by Gasteiger charge is -2.23. The Balaban J connectivity index is 1.23. The molecule has 3 aromatic carbocycles. The number of ether oxygens (including phenoxy) is 1. The van der Waals surface area contributed by atoms with Crippen LogP contribution in [0.3, 0.4) is 0 Å². The molecule has 1 saturated heterocycles. The van der Waals surface area contributed by atoms with Gasteiger partial charge in [-0.1, -0.05) is 12.1 Å². The van der Waals surface area contributed by atoms with E-state index >= 15 is 0 Å². The molecular weight excluding hydrogens is 466 g/mol. The smallest absolute Gasteiger partial charge is 0.255 e. The fourth-order valence-electron chi connectivity index (χ4n) is 4.33. The van der Waals surface area contributed by atoms with Crippen molar-refractivity contribution < 1.29 is 14.3 Å². The molecule has 1 heterocycles. The minimum atomic E-state index is -0.251. The van der Waals surface area contributed by atoms with Crippen LogP contribution in [0.25, 0.3) is 0 Å². The largest absolute Gasteiger partial charge is 0.495 e. The third kappa shape index (κ3) is 7.09. The second kappa shape index (κ2) is 12.6. The number of rotatable bonds is 8. The minimum Gasteiger partial charge on any atom is -0.495 e. The van der Waals surface area contributed by atoms with E-state index in [2.05, 4.69) is 26.5 Å². The van der Waals surface area contributed by atoms with E-state index in [1.54, 1.807) is 43.5 Å². The number of amides is 2. The van der Waals surface area contributed by atoms with Gasteiger partial charge in [0.05, 0.1) is 24.4 Å². The molecule has 0 aromatic heterocycles. The summed E-state index contributed by atoms with van der Waals surface area (Å²) < 4.78 is 5.27. The van der Waals surface area contributed by atoms with Crippen LogP contribution >= 0.6 is 0 Å². The van der Waals surface area contributed by atoms with E-state index < -0.39 is 0 Å². The van der Waals surface area contributed by atoms with Gasteiger partial charge in [0.15, 0.2) is 0 Å². The topological polar surface area (TPSA) is 97.7 Å². The first kappa shape index (κ1) is 25.7. The molecule has 0 atom stereocenters. The van der Waals surface area contributed by atoms with Gasteiger partial charge in [0.1, 0.15) is 5.75 Å². The molecule has 2 N–H and O–H groups in total. The maximum Gasteiger partial charge on any atom is 0.255 e. The molecule has 1 aliphatic rings. The molecule has 0 spiro atoms. The predicted molar refractivity (Wildman–Crippen MR) is 145 cm³/mol. The Labute approximate surface area is 217 Å². The van der Waals surface area contributed by atoms with Gasteiger partial charge in [-0.25, -0.2) is 0 Å². The highest BCUT2D eigenvalue weighted by atomic mass is 16.5. The second-order valence-corrected chi connectivity index (χ2v) is 8.87. The molecule has 0 radical (unpaired) electrons. The van der Waals surface area contributed by atoms with Crippen LogP contribution in [0.5, 0.6) is 5.75 Å². The first-order valence-corrected chi connectivity index (χ1v) is 12.4. The number of hydrogen-bond acceptors (Lipinski definition) is 6. The summed E-state index contributed by atoms with van der Waals surface area (Å²) in [6.45, 7) is 4.34. The molecular formula is C29H31N5O3. The lowest BCUT2D eigenvalue weighted by molar-refractivity contribution is -0.116. The molecule has 1 aliphatic heterocycles. The van der Waals surface area contributed by atoms with E-state index in [1.165, 1.54) is 0 Å². The first-order chi connectivity index (χ1) is 18.1. The molecule has 4 rings (SSSR count). The highest BCUT2D eigenvalue weighted by molar-refractivity contribution is 6.05. The molecule has 0 unspecified atom stereocenters. The van der Waals surface area contributed by atoms with Gasteiger partial charge in [0, 0.05) is 49.5 Å². The number of nitriles is 1. The van der Waals surface area contributed by atoms with Crippen LogP contribution in [0.15, 0.2) is 72.8 Å². The maximum atomic E-state index is 12.6. The van der Waals surface area contributed by atoms with Crippen molar-refractivity contribution in [1.29, 1.82) is 5.26 Å². The molecule has 1 fully saturated rings. The Hall–Kier alpha value is -4.35. The van der Waals surface area contributed by atoms with Gasteiger partial charge in [-0.15, -0.1) is 0 Å². The summed E-state index contributed by atoms with van der Waals surface area (Å²) in [4.78, 5) is 29.8. The average molecular weight is 498 g/mol. The summed E-state index contributed by atoms with van der Waals surface area (Å²) in [5.41, 5.74) is 3.53. The van der Waals surface area contributed by atoms with Gasteiger partial charge in [-0.2, -0.15) is 5.26 Å². The van der Waals surface area contributed by atoms with E-state index in [-0.39, 0.29) is 11.8 Å². The van der Waals surface area contributed by atoms with Gasteiger partial charge in [-0.3, -0.25) is 9.59 Å². The Kier molecular flexibility index (Phi) is 8.74. The van der Waals surface area contributed by atoms with Gasteiger partial charge in [-0.05, 0) is 73.6 Å². The van der Waals surface area contributed by atoms with E-state index in [4.69, 9.17) is 10.00 Å². The molecule has 0 bridgehead atoms. The molecule has 190 valence electrons. The van der Waals surface area contributed by atoms with Crippen LogP contribution in [-0.2, 0) is 4.79 Å². The van der Waals surface area contributed by atoms with Crippen LogP contribution < -0.4 is 20.3 Å². The number of nitrogens with one attached hydrogen (secondary N) is 2. The number of anilines is 3. The van der Waals surface area contributed by atoms with Gasteiger partial charge >= 0.3 is 0 Å². The third-order valence-electron chi connectivity index (χ3n) is 6.39. The Bertz CT molecular complexity index is 1250. The molecule has 0 saturated carbocycles. The fourth-order valence-corrected chi connectivity index (χ4v) is 4.33.